The SMILES string of the molecule is C#CCC(C)(C)OCCC(C)(C)C.CCO[P+](O)(O)OC.CCc1cn(CC(=O)NCCSc2nc3c(=O)[nH]c(N)nc3n2/C=C/O)nn1. The number of hydrogen-bond donors (Lipinski definition) is 6. The molecule has 0 saturated heterocycles. The van der Waals surface area contributed by atoms with Gasteiger partial charge in [-0.05, 0) is 39.0 Å². The van der Waals surface area contributed by atoms with Crippen molar-refractivity contribution >= 4 is 49.2 Å². The molecule has 0 aromatic carbocycles. The third kappa shape index (κ3) is 17.1. The summed E-state index contributed by atoms with van der Waals surface area (Å²) < 4.78 is 17.2. The Hall–Kier alpha value is -3.56. The van der Waals surface area contributed by atoms with Crippen LogP contribution in [0.15, 0.2) is 22.4 Å². The summed E-state index contributed by atoms with van der Waals surface area (Å²) in [7, 11) is -2.24. The number of carbonyl (C=O) groups is 1. The number of aromatic nitrogens is 7. The van der Waals surface area contributed by atoms with Gasteiger partial charge in [-0.15, -0.1) is 17.4 Å². The number of H-pyrrole nitrogens is 1. The second-order valence-electron chi connectivity index (χ2n) is 12.0. The first-order valence-electron chi connectivity index (χ1n) is 15.4. The molecule has 0 aliphatic carbocycles. The molecule has 0 spiro atoms. The monoisotopic (exact) mass is 728 g/mol. The first kappa shape index (κ1) is 43.5. The van der Waals surface area contributed by atoms with Gasteiger partial charge in [0, 0.05) is 37.7 Å². The molecule has 0 unspecified atom stereocenters. The molecule has 49 heavy (non-hydrogen) atoms. The number of nitrogens with one attached hydrogen (secondary N) is 2. The molecule has 17 nitrogen and oxygen atoms in total. The number of nitrogens with zero attached hydrogens (tertiary/aromatic N) is 6. The van der Waals surface area contributed by atoms with Crippen LogP contribution in [-0.2, 0) is 31.5 Å². The van der Waals surface area contributed by atoms with Crippen LogP contribution in [0.1, 0.15) is 67.0 Å². The molecule has 3 aromatic heterocycles. The number of aromatic amines is 1. The highest BCUT2D eigenvalue weighted by atomic mass is 32.2. The van der Waals surface area contributed by atoms with E-state index in [9.17, 15) is 9.59 Å². The predicted octanol–water partition coefficient (Wildman–Crippen LogP) is 3.32. The molecule has 19 heteroatoms. The minimum absolute atomic E-state index is 0.0480. The molecule has 7 N–H and O–H groups in total. The number of amides is 1. The Morgan fingerprint density at radius 2 is 1.94 bits per heavy atom. The lowest BCUT2D eigenvalue weighted by molar-refractivity contribution is -0.121. The number of terminal acetylenes is 1. The van der Waals surface area contributed by atoms with Crippen LogP contribution in [0.5, 0.6) is 0 Å². The summed E-state index contributed by atoms with van der Waals surface area (Å²) in [5.74, 6) is 2.88. The third-order valence-electron chi connectivity index (χ3n) is 6.07. The van der Waals surface area contributed by atoms with E-state index in [2.05, 4.69) is 66.3 Å². The first-order valence-corrected chi connectivity index (χ1v) is 17.9. The normalized spacial score (nSPS) is 11.9. The van der Waals surface area contributed by atoms with Crippen LogP contribution in [0.4, 0.5) is 5.95 Å². The topological polar surface area (TPSA) is 238 Å². The average Bonchev–Trinajstić information content (AvgIpc) is 3.60. The Kier molecular flexibility index (Phi) is 18.5. The molecule has 0 aliphatic heterocycles. The molecular weight excluding hydrogens is 677 g/mol. The molecule has 0 fully saturated rings. The van der Waals surface area contributed by atoms with E-state index in [0.29, 0.717) is 29.3 Å². The lowest BCUT2D eigenvalue weighted by atomic mass is 9.93. The Labute approximate surface area is 291 Å². The van der Waals surface area contributed by atoms with Crippen molar-refractivity contribution in [2.24, 2.45) is 5.41 Å². The number of aryl methyl sites for hydroxylation is 1. The summed E-state index contributed by atoms with van der Waals surface area (Å²) in [4.78, 5) is 51.7. The Balaban J connectivity index is 0.000000473. The Bertz CT molecular complexity index is 1580. The Morgan fingerprint density at radius 3 is 2.47 bits per heavy atom. The van der Waals surface area contributed by atoms with Crippen LogP contribution in [0.25, 0.3) is 17.4 Å². The van der Waals surface area contributed by atoms with Gasteiger partial charge < -0.3 is 20.9 Å². The molecule has 3 aromatic rings. The van der Waals surface area contributed by atoms with Gasteiger partial charge in [0.25, 0.3) is 5.56 Å². The number of carbonyl (C=O) groups excluding carboxylic acids is 1. The van der Waals surface area contributed by atoms with Gasteiger partial charge in [0.05, 0.1) is 31.3 Å². The summed E-state index contributed by atoms with van der Waals surface area (Å²) in [5.41, 5.74) is 6.43. The fraction of sp³-hybridized carbons (Fsp3) is 0.600. The van der Waals surface area contributed by atoms with Crippen molar-refractivity contribution in [3.63, 3.8) is 0 Å². The van der Waals surface area contributed by atoms with Crippen LogP contribution >= 0.6 is 19.9 Å². The van der Waals surface area contributed by atoms with Crippen molar-refractivity contribution in [2.75, 3.05) is 38.4 Å². The summed E-state index contributed by atoms with van der Waals surface area (Å²) in [5, 5.41) is 20.1. The second kappa shape index (κ2) is 20.8. The zero-order valence-corrected chi connectivity index (χ0v) is 31.2. The number of nitrogens with two attached hydrogens (primary N) is 1. The number of fused-ring (bicyclic) bond motifs is 1. The lowest BCUT2D eigenvalue weighted by Crippen LogP contribution is -2.29. The molecule has 0 saturated carbocycles. The summed E-state index contributed by atoms with van der Waals surface area (Å²) in [6.07, 6.45) is 11.6. The van der Waals surface area contributed by atoms with E-state index < -0.39 is 13.7 Å². The number of nitrogen functional groups attached to an aromatic ring is 1. The number of aliphatic hydroxyl groups excluding tert-OH is 1. The van der Waals surface area contributed by atoms with Crippen molar-refractivity contribution in [3.8, 4) is 12.3 Å². The third-order valence-corrected chi connectivity index (χ3v) is 8.09. The van der Waals surface area contributed by atoms with E-state index >= 15 is 0 Å². The molecule has 0 radical (unpaired) electrons. The quantitative estimate of drug-likeness (QED) is 0.0433. The van der Waals surface area contributed by atoms with Gasteiger partial charge in [0.1, 0.15) is 6.54 Å². The van der Waals surface area contributed by atoms with Gasteiger partial charge in [-0.25, -0.2) is 9.67 Å². The molecule has 3 heterocycles. The van der Waals surface area contributed by atoms with E-state index in [4.69, 9.17) is 31.8 Å². The highest BCUT2D eigenvalue weighted by Crippen LogP contribution is 2.50. The zero-order valence-electron chi connectivity index (χ0n) is 29.5. The van der Waals surface area contributed by atoms with Crippen LogP contribution in [0.3, 0.4) is 0 Å². The maximum absolute atomic E-state index is 12.0. The van der Waals surface area contributed by atoms with Crippen LogP contribution in [-0.4, -0.2) is 93.5 Å². The van der Waals surface area contributed by atoms with E-state index in [1.165, 1.54) is 34.3 Å². The van der Waals surface area contributed by atoms with Crippen molar-refractivity contribution in [2.45, 2.75) is 85.0 Å². The average molecular weight is 729 g/mol. The smallest absolute Gasteiger partial charge is 0.514 e. The second-order valence-corrected chi connectivity index (χ2v) is 14.7. The number of ether oxygens (including phenoxy) is 1. The number of thioether (sulfide) groups is 1. The van der Waals surface area contributed by atoms with E-state index in [-0.39, 0.29) is 41.8 Å². The fourth-order valence-electron chi connectivity index (χ4n) is 3.55. The van der Waals surface area contributed by atoms with Gasteiger partial charge in [-0.3, -0.25) is 19.1 Å². The molecule has 0 aliphatic rings. The maximum atomic E-state index is 12.0. The van der Waals surface area contributed by atoms with Gasteiger partial charge in [0.15, 0.2) is 16.3 Å². The van der Waals surface area contributed by atoms with Crippen LogP contribution < -0.4 is 16.6 Å². The van der Waals surface area contributed by atoms with Crippen LogP contribution in [0.2, 0.25) is 0 Å². The predicted molar refractivity (Wildman–Crippen MR) is 191 cm³/mol. The molecule has 1 amide bonds. The minimum Gasteiger partial charge on any atom is -0.514 e. The highest BCUT2D eigenvalue weighted by Gasteiger charge is 2.36. The lowest BCUT2D eigenvalue weighted by Gasteiger charge is -2.25. The summed E-state index contributed by atoms with van der Waals surface area (Å²) in [6, 6.07) is 0. The van der Waals surface area contributed by atoms with Crippen molar-refractivity contribution < 1.29 is 33.5 Å². The number of hydrogen-bond acceptors (Lipinski definition) is 14. The first-order chi connectivity index (χ1) is 22.9. The van der Waals surface area contributed by atoms with Crippen LogP contribution in [0, 0.1) is 17.8 Å². The van der Waals surface area contributed by atoms with E-state index in [0.717, 1.165) is 31.4 Å². The largest absolute Gasteiger partial charge is 0.569 e. The molecule has 0 atom stereocenters. The number of aliphatic hydroxyl groups is 1. The van der Waals surface area contributed by atoms with Gasteiger partial charge in [0.2, 0.25) is 11.9 Å². The minimum atomic E-state index is -3.42. The molecular formula is C30H51N9O8PS+. The van der Waals surface area contributed by atoms with Crippen molar-refractivity contribution in [1.82, 2.24) is 39.8 Å². The van der Waals surface area contributed by atoms with E-state index in [1.54, 1.807) is 13.1 Å². The fourth-order valence-corrected chi connectivity index (χ4v) is 4.82. The molecule has 3 rings (SSSR count). The number of rotatable bonds is 15. The summed E-state index contributed by atoms with van der Waals surface area (Å²) >= 11 is 1.29. The number of imidazole rings is 1. The van der Waals surface area contributed by atoms with E-state index in [1.807, 2.05) is 20.8 Å². The molecule has 0 bridgehead atoms. The zero-order chi connectivity index (χ0) is 37.3. The van der Waals surface area contributed by atoms with Gasteiger partial charge in [-0.1, -0.05) is 44.7 Å². The summed E-state index contributed by atoms with van der Waals surface area (Å²) in [6.45, 7) is 15.8. The standard InChI is InChI=1S/C15H19N9O3S.C12H22O.C3H10O4P/c1-2-9-7-23(22-21-9)8-10(26)17-3-6-28-15-18-11-12(24(15)4-5-25)19-14(16)20-13(11)27;1-7-8-12(5,6)13-10-9-11(2,3)4;1-3-7-8(4,5)6-2/h4-5,7,25H,2-3,6,8H2,1H3,(H,17,26)(H3,16,19,20,27);1H,8-10H2,2-6H3;4-5H,3H2,1-2H3/q;;+1/b5-4+;;. The maximum Gasteiger partial charge on any atom is 0.569 e. The molecule has 274 valence electrons. The van der Waals surface area contributed by atoms with Gasteiger partial charge >= 0.3 is 8.17 Å². The number of anilines is 1. The van der Waals surface area contributed by atoms with Crippen molar-refractivity contribution in [3.05, 3.63) is 28.5 Å². The Morgan fingerprint density at radius 1 is 1.24 bits per heavy atom. The van der Waals surface area contributed by atoms with Crippen molar-refractivity contribution in [1.29, 1.82) is 0 Å². The highest BCUT2D eigenvalue weighted by molar-refractivity contribution is 7.99. The van der Waals surface area contributed by atoms with Gasteiger partial charge in [-0.2, -0.15) is 23.8 Å².